The van der Waals surface area contributed by atoms with Crippen molar-refractivity contribution in [2.75, 3.05) is 0 Å². The molecule has 0 fully saturated rings. The number of isocyanates is 1. The maximum atomic E-state index is 13.0. The Morgan fingerprint density at radius 3 is 2.85 bits per heavy atom. The summed E-state index contributed by atoms with van der Waals surface area (Å²) in [6.45, 7) is 0. The minimum Gasteiger partial charge on any atom is -0.215 e. The third-order valence-corrected chi connectivity index (χ3v) is 2.60. The van der Waals surface area contributed by atoms with E-state index in [2.05, 4.69) is 20.9 Å². The van der Waals surface area contributed by atoms with Crippen LogP contribution in [0.25, 0.3) is 0 Å². The summed E-state index contributed by atoms with van der Waals surface area (Å²) >= 11 is 8.81. The first-order valence-electron chi connectivity index (χ1n) is 3.31. The van der Waals surface area contributed by atoms with Crippen molar-refractivity contribution in [3.05, 3.63) is 33.3 Å². The van der Waals surface area contributed by atoms with Crippen LogP contribution in [-0.2, 0) is 4.79 Å². The summed E-state index contributed by atoms with van der Waals surface area (Å²) in [5.74, 6) is 0. The van der Waals surface area contributed by atoms with Gasteiger partial charge in [-0.1, -0.05) is 17.7 Å². The topological polar surface area (TPSA) is 29.4 Å². The van der Waals surface area contributed by atoms with Crippen LogP contribution < -0.4 is 0 Å². The zero-order valence-electron chi connectivity index (χ0n) is 6.30. The monoisotopic (exact) mass is 263 g/mol. The Morgan fingerprint density at radius 1 is 1.62 bits per heavy atom. The molecule has 2 nitrogen and oxygen atoms in total. The van der Waals surface area contributed by atoms with Gasteiger partial charge in [0, 0.05) is 10.0 Å². The average molecular weight is 264 g/mol. The normalized spacial score (nSPS) is 11.9. The van der Waals surface area contributed by atoms with Crippen molar-refractivity contribution in [3.63, 3.8) is 0 Å². The Hall–Kier alpha value is -0.700. The van der Waals surface area contributed by atoms with Crippen molar-refractivity contribution >= 4 is 33.6 Å². The highest BCUT2D eigenvalue weighted by molar-refractivity contribution is 9.10. The van der Waals surface area contributed by atoms with Gasteiger partial charge in [-0.15, -0.1) is 0 Å². The van der Waals surface area contributed by atoms with Crippen LogP contribution in [0.4, 0.5) is 4.39 Å². The molecule has 1 unspecified atom stereocenters. The van der Waals surface area contributed by atoms with Gasteiger partial charge < -0.3 is 0 Å². The molecule has 0 spiro atoms. The minimum atomic E-state index is -1.67. The largest absolute Gasteiger partial charge is 0.238 e. The molecule has 13 heavy (non-hydrogen) atoms. The van der Waals surface area contributed by atoms with Crippen LogP contribution in [0.3, 0.4) is 0 Å². The van der Waals surface area contributed by atoms with E-state index < -0.39 is 6.30 Å². The number of alkyl halides is 1. The standard InChI is InChI=1S/C8H4BrClFNO/c9-6-3-5(1-2-7(6)10)8(11)12-4-13/h1-3,8H. The molecule has 68 valence electrons. The summed E-state index contributed by atoms with van der Waals surface area (Å²) in [5.41, 5.74) is 0.264. The van der Waals surface area contributed by atoms with Gasteiger partial charge in [-0.3, -0.25) is 0 Å². The molecule has 1 atom stereocenters. The summed E-state index contributed by atoms with van der Waals surface area (Å²) in [6, 6.07) is 4.44. The van der Waals surface area contributed by atoms with E-state index in [1.54, 1.807) is 0 Å². The van der Waals surface area contributed by atoms with Crippen LogP contribution in [0, 0.1) is 0 Å². The number of aliphatic imine (C=N–C) groups is 1. The summed E-state index contributed by atoms with van der Waals surface area (Å²) in [7, 11) is 0. The smallest absolute Gasteiger partial charge is 0.215 e. The fourth-order valence-corrected chi connectivity index (χ4v) is 1.30. The Bertz CT molecular complexity index is 365. The molecule has 0 N–H and O–H groups in total. The molecule has 1 rings (SSSR count). The Balaban J connectivity index is 3.03. The lowest BCUT2D eigenvalue weighted by molar-refractivity contribution is 0.356. The van der Waals surface area contributed by atoms with Crippen LogP contribution >= 0.6 is 27.5 Å². The third kappa shape index (κ3) is 2.62. The van der Waals surface area contributed by atoms with E-state index in [-0.39, 0.29) is 5.56 Å². The van der Waals surface area contributed by atoms with E-state index in [1.165, 1.54) is 18.2 Å². The van der Waals surface area contributed by atoms with Crippen molar-refractivity contribution in [1.82, 2.24) is 0 Å². The number of halogens is 3. The molecule has 0 bridgehead atoms. The van der Waals surface area contributed by atoms with E-state index in [4.69, 9.17) is 11.6 Å². The molecule has 0 radical (unpaired) electrons. The lowest BCUT2D eigenvalue weighted by Crippen LogP contribution is -1.87. The third-order valence-electron chi connectivity index (χ3n) is 1.38. The van der Waals surface area contributed by atoms with Crippen molar-refractivity contribution in [3.8, 4) is 0 Å². The highest BCUT2D eigenvalue weighted by atomic mass is 79.9. The van der Waals surface area contributed by atoms with Gasteiger partial charge in [-0.25, -0.2) is 9.18 Å². The number of nitrogens with zero attached hydrogens (tertiary/aromatic N) is 1. The second kappa shape index (κ2) is 4.51. The van der Waals surface area contributed by atoms with Crippen LogP contribution in [0.2, 0.25) is 5.02 Å². The summed E-state index contributed by atoms with van der Waals surface area (Å²) in [5, 5.41) is 0.478. The zero-order chi connectivity index (χ0) is 9.84. The number of hydrogen-bond donors (Lipinski definition) is 0. The Kier molecular flexibility index (Phi) is 3.60. The van der Waals surface area contributed by atoms with Crippen LogP contribution in [0.5, 0.6) is 0 Å². The van der Waals surface area contributed by atoms with Crippen LogP contribution in [0.15, 0.2) is 27.7 Å². The fourth-order valence-electron chi connectivity index (χ4n) is 0.781. The molecule has 5 heteroatoms. The molecule has 1 aromatic rings. The van der Waals surface area contributed by atoms with Gasteiger partial charge in [-0.2, -0.15) is 4.99 Å². The summed E-state index contributed by atoms with van der Waals surface area (Å²) in [4.78, 5) is 12.7. The SMILES string of the molecule is O=C=NC(F)c1ccc(Cl)c(Br)c1. The predicted octanol–water partition coefficient (Wildman–Crippen LogP) is 3.41. The Labute approximate surface area is 87.6 Å². The molecule has 0 saturated carbocycles. The van der Waals surface area contributed by atoms with E-state index in [1.807, 2.05) is 0 Å². The summed E-state index contributed by atoms with van der Waals surface area (Å²) < 4.78 is 13.5. The molecule has 0 aliphatic rings. The van der Waals surface area contributed by atoms with Crippen molar-refractivity contribution < 1.29 is 9.18 Å². The van der Waals surface area contributed by atoms with Gasteiger partial charge in [0.25, 0.3) is 0 Å². The molecule has 0 amide bonds. The number of carbonyl (C=O) groups excluding carboxylic acids is 1. The molecule has 0 aliphatic heterocycles. The first-order chi connectivity index (χ1) is 6.15. The average Bonchev–Trinajstić information content (AvgIpc) is 2.10. The minimum absolute atomic E-state index is 0.264. The maximum Gasteiger partial charge on any atom is 0.238 e. The second-order valence-electron chi connectivity index (χ2n) is 2.23. The number of hydrogen-bond acceptors (Lipinski definition) is 2. The molecule has 1 aromatic carbocycles. The molecule has 0 saturated heterocycles. The van der Waals surface area contributed by atoms with Gasteiger partial charge in [0.05, 0.1) is 5.02 Å². The van der Waals surface area contributed by atoms with Gasteiger partial charge in [0.15, 0.2) is 0 Å². The quantitative estimate of drug-likeness (QED) is 0.457. The number of rotatable bonds is 2. The van der Waals surface area contributed by atoms with Gasteiger partial charge in [-0.05, 0) is 28.1 Å². The van der Waals surface area contributed by atoms with E-state index >= 15 is 0 Å². The van der Waals surface area contributed by atoms with Gasteiger partial charge in [0.2, 0.25) is 12.4 Å². The van der Waals surface area contributed by atoms with Crippen LogP contribution in [-0.4, -0.2) is 6.08 Å². The molecule has 0 aliphatic carbocycles. The van der Waals surface area contributed by atoms with Crippen molar-refractivity contribution in [2.24, 2.45) is 4.99 Å². The second-order valence-corrected chi connectivity index (χ2v) is 3.49. The molecule has 0 heterocycles. The highest BCUT2D eigenvalue weighted by Crippen LogP contribution is 2.27. The first kappa shape index (κ1) is 10.4. The van der Waals surface area contributed by atoms with Gasteiger partial charge in [0.1, 0.15) is 0 Å². The van der Waals surface area contributed by atoms with Crippen molar-refractivity contribution in [2.45, 2.75) is 6.30 Å². The van der Waals surface area contributed by atoms with E-state index in [0.29, 0.717) is 9.50 Å². The first-order valence-corrected chi connectivity index (χ1v) is 4.48. The van der Waals surface area contributed by atoms with Crippen molar-refractivity contribution in [1.29, 1.82) is 0 Å². The maximum absolute atomic E-state index is 13.0. The Morgan fingerprint density at radius 2 is 2.31 bits per heavy atom. The summed E-state index contributed by atoms with van der Waals surface area (Å²) in [6.07, 6.45) is -0.523. The highest BCUT2D eigenvalue weighted by Gasteiger charge is 2.08. The lowest BCUT2D eigenvalue weighted by Gasteiger charge is -2.02. The van der Waals surface area contributed by atoms with E-state index in [0.717, 1.165) is 6.08 Å². The van der Waals surface area contributed by atoms with Gasteiger partial charge >= 0.3 is 0 Å². The van der Waals surface area contributed by atoms with Crippen LogP contribution in [0.1, 0.15) is 11.9 Å². The molecular formula is C8H4BrClFNO. The fraction of sp³-hybridized carbons (Fsp3) is 0.125. The molecular weight excluding hydrogens is 260 g/mol. The number of benzene rings is 1. The lowest BCUT2D eigenvalue weighted by atomic mass is 10.2. The predicted molar refractivity (Wildman–Crippen MR) is 51.1 cm³/mol. The zero-order valence-corrected chi connectivity index (χ0v) is 8.64. The molecule has 0 aromatic heterocycles. The van der Waals surface area contributed by atoms with E-state index in [9.17, 15) is 9.18 Å².